The van der Waals surface area contributed by atoms with Crippen LogP contribution in [0.4, 0.5) is 5.69 Å². The van der Waals surface area contributed by atoms with Crippen molar-refractivity contribution in [3.8, 4) is 11.5 Å². The third-order valence-corrected chi connectivity index (χ3v) is 2.89. The number of nitrogen functional groups attached to an aromatic ring is 1. The molecule has 19 heavy (non-hydrogen) atoms. The highest BCUT2D eigenvalue weighted by Crippen LogP contribution is 2.35. The zero-order chi connectivity index (χ0) is 14.0. The number of nitrogens with two attached hydrogens (primary N) is 1. The van der Waals surface area contributed by atoms with Crippen molar-refractivity contribution in [2.45, 2.75) is 26.9 Å². The molecule has 0 spiro atoms. The molecule has 102 valence electrons. The van der Waals surface area contributed by atoms with E-state index in [4.69, 9.17) is 15.0 Å². The van der Waals surface area contributed by atoms with E-state index in [1.807, 2.05) is 18.2 Å². The molecule has 1 heterocycles. The molecule has 1 unspecified atom stereocenters. The van der Waals surface area contributed by atoms with Crippen LogP contribution in [0.15, 0.2) is 28.8 Å². The predicted octanol–water partition coefficient (Wildman–Crippen LogP) is 3.05. The van der Waals surface area contributed by atoms with E-state index in [9.17, 15) is 0 Å². The van der Waals surface area contributed by atoms with Crippen LogP contribution < -0.4 is 5.73 Å². The minimum Gasteiger partial charge on any atom is -0.398 e. The van der Waals surface area contributed by atoms with Crippen molar-refractivity contribution in [1.29, 1.82) is 0 Å². The van der Waals surface area contributed by atoms with Crippen LogP contribution in [0, 0.1) is 5.41 Å². The van der Waals surface area contributed by atoms with Gasteiger partial charge in [-0.2, -0.15) is 4.98 Å². The van der Waals surface area contributed by atoms with Crippen LogP contribution in [0.5, 0.6) is 0 Å². The van der Waals surface area contributed by atoms with Gasteiger partial charge in [-0.15, -0.1) is 0 Å². The molecule has 1 aromatic heterocycles. The van der Waals surface area contributed by atoms with Gasteiger partial charge in [-0.3, -0.25) is 0 Å². The molecule has 0 fully saturated rings. The summed E-state index contributed by atoms with van der Waals surface area (Å²) in [5.41, 5.74) is 7.14. The maximum atomic E-state index is 5.90. The Balaban J connectivity index is 2.37. The highest BCUT2D eigenvalue weighted by Gasteiger charge is 2.30. The van der Waals surface area contributed by atoms with Gasteiger partial charge in [0.2, 0.25) is 5.82 Å². The molecule has 2 N–H and O–H groups in total. The first-order valence-corrected chi connectivity index (χ1v) is 6.14. The van der Waals surface area contributed by atoms with Crippen LogP contribution >= 0.6 is 0 Å². The number of benzene rings is 1. The van der Waals surface area contributed by atoms with Crippen LogP contribution in [0.25, 0.3) is 11.5 Å². The Bertz CT molecular complexity index is 558. The van der Waals surface area contributed by atoms with Gasteiger partial charge in [0, 0.05) is 12.8 Å². The second kappa shape index (κ2) is 5.01. The van der Waals surface area contributed by atoms with Gasteiger partial charge in [-0.1, -0.05) is 38.1 Å². The molecule has 1 aromatic carbocycles. The molecular formula is C14H19N3O2. The summed E-state index contributed by atoms with van der Waals surface area (Å²) < 4.78 is 10.8. The van der Waals surface area contributed by atoms with Crippen LogP contribution in [-0.2, 0) is 4.74 Å². The summed E-state index contributed by atoms with van der Waals surface area (Å²) in [6.07, 6.45) is -0.227. The summed E-state index contributed by atoms with van der Waals surface area (Å²) >= 11 is 0. The Hall–Kier alpha value is -1.88. The van der Waals surface area contributed by atoms with E-state index in [-0.39, 0.29) is 11.5 Å². The highest BCUT2D eigenvalue weighted by molar-refractivity contribution is 5.69. The number of rotatable bonds is 3. The fourth-order valence-corrected chi connectivity index (χ4v) is 1.99. The molecular weight excluding hydrogens is 242 g/mol. The minimum absolute atomic E-state index is 0.113. The van der Waals surface area contributed by atoms with Gasteiger partial charge in [0.05, 0.1) is 5.56 Å². The Morgan fingerprint density at radius 2 is 1.95 bits per heavy atom. The molecule has 1 atom stereocenters. The third-order valence-electron chi connectivity index (χ3n) is 2.89. The lowest BCUT2D eigenvalue weighted by Gasteiger charge is -2.26. The third kappa shape index (κ3) is 2.76. The van der Waals surface area contributed by atoms with E-state index < -0.39 is 0 Å². The Morgan fingerprint density at radius 1 is 1.26 bits per heavy atom. The van der Waals surface area contributed by atoms with E-state index in [1.165, 1.54) is 0 Å². The van der Waals surface area contributed by atoms with Crippen LogP contribution in [0.1, 0.15) is 32.7 Å². The molecule has 0 saturated carbocycles. The maximum absolute atomic E-state index is 5.90. The summed E-state index contributed by atoms with van der Waals surface area (Å²) in [5.74, 6) is 0.952. The standard InChI is InChI=1S/C14H19N3O2/c1-14(2,3)11(18-4)12-16-13(19-17-12)9-7-5-6-8-10(9)15/h5-8,11H,15H2,1-4H3. The zero-order valence-electron chi connectivity index (χ0n) is 11.7. The van der Waals surface area contributed by atoms with Crippen LogP contribution in [-0.4, -0.2) is 17.3 Å². The molecule has 0 radical (unpaired) electrons. The lowest BCUT2D eigenvalue weighted by molar-refractivity contribution is 0.00718. The van der Waals surface area contributed by atoms with E-state index in [0.29, 0.717) is 17.4 Å². The molecule has 0 bridgehead atoms. The fraction of sp³-hybridized carbons (Fsp3) is 0.429. The molecule has 0 aliphatic heterocycles. The number of hydrogen-bond acceptors (Lipinski definition) is 5. The lowest BCUT2D eigenvalue weighted by atomic mass is 9.88. The Kier molecular flexibility index (Phi) is 3.57. The monoisotopic (exact) mass is 261 g/mol. The first kappa shape index (κ1) is 13.5. The van der Waals surface area contributed by atoms with Crippen molar-refractivity contribution >= 4 is 5.69 Å². The van der Waals surface area contributed by atoms with Gasteiger partial charge < -0.3 is 15.0 Å². The molecule has 0 amide bonds. The SMILES string of the molecule is COC(c1noc(-c2ccccc2N)n1)C(C)(C)C. The first-order valence-electron chi connectivity index (χ1n) is 6.14. The van der Waals surface area contributed by atoms with E-state index in [1.54, 1.807) is 13.2 Å². The van der Waals surface area contributed by atoms with Gasteiger partial charge >= 0.3 is 0 Å². The number of nitrogens with zero attached hydrogens (tertiary/aromatic N) is 2. The second-order valence-corrected chi connectivity index (χ2v) is 5.53. The fourth-order valence-electron chi connectivity index (χ4n) is 1.99. The van der Waals surface area contributed by atoms with Gasteiger partial charge in [0.1, 0.15) is 6.10 Å². The average molecular weight is 261 g/mol. The highest BCUT2D eigenvalue weighted by atomic mass is 16.5. The number of aromatic nitrogens is 2. The Morgan fingerprint density at radius 3 is 2.53 bits per heavy atom. The largest absolute Gasteiger partial charge is 0.398 e. The van der Waals surface area contributed by atoms with Crippen LogP contribution in [0.3, 0.4) is 0 Å². The first-order chi connectivity index (χ1) is 8.93. The normalized spacial score (nSPS) is 13.5. The number of methoxy groups -OCH3 is 1. The maximum Gasteiger partial charge on any atom is 0.260 e. The van der Waals surface area contributed by atoms with Gasteiger partial charge in [0.15, 0.2) is 0 Å². The van der Waals surface area contributed by atoms with Crippen molar-refractivity contribution in [2.75, 3.05) is 12.8 Å². The smallest absolute Gasteiger partial charge is 0.260 e. The molecule has 5 heteroatoms. The van der Waals surface area contributed by atoms with Gasteiger partial charge in [0.25, 0.3) is 5.89 Å². The van der Waals surface area contributed by atoms with Crippen molar-refractivity contribution < 1.29 is 9.26 Å². The number of hydrogen-bond donors (Lipinski definition) is 1. The number of anilines is 1. The van der Waals surface area contributed by atoms with Crippen molar-refractivity contribution in [3.63, 3.8) is 0 Å². The second-order valence-electron chi connectivity index (χ2n) is 5.53. The Labute approximate surface area is 112 Å². The summed E-state index contributed by atoms with van der Waals surface area (Å²) in [4.78, 5) is 4.40. The lowest BCUT2D eigenvalue weighted by Crippen LogP contribution is -2.21. The molecule has 5 nitrogen and oxygen atoms in total. The predicted molar refractivity (Wildman–Crippen MR) is 73.4 cm³/mol. The topological polar surface area (TPSA) is 74.2 Å². The van der Waals surface area contributed by atoms with Crippen molar-refractivity contribution in [3.05, 3.63) is 30.1 Å². The van der Waals surface area contributed by atoms with Gasteiger partial charge in [-0.05, 0) is 17.5 Å². The van der Waals surface area contributed by atoms with Crippen LogP contribution in [0.2, 0.25) is 0 Å². The molecule has 0 aliphatic carbocycles. The molecule has 2 aromatic rings. The molecule has 2 rings (SSSR count). The summed E-state index contributed by atoms with van der Waals surface area (Å²) in [7, 11) is 1.64. The van der Waals surface area contributed by atoms with Crippen molar-refractivity contribution in [2.24, 2.45) is 5.41 Å². The quantitative estimate of drug-likeness (QED) is 0.859. The van der Waals surface area contributed by atoms with E-state index in [0.717, 1.165) is 5.56 Å². The van der Waals surface area contributed by atoms with E-state index >= 15 is 0 Å². The molecule has 0 aliphatic rings. The number of para-hydroxylation sites is 1. The van der Waals surface area contributed by atoms with Crippen molar-refractivity contribution in [1.82, 2.24) is 10.1 Å². The minimum atomic E-state index is -0.227. The summed E-state index contributed by atoms with van der Waals surface area (Å²) in [6.45, 7) is 6.19. The molecule has 0 saturated heterocycles. The van der Waals surface area contributed by atoms with Gasteiger partial charge in [-0.25, -0.2) is 0 Å². The number of ether oxygens (including phenoxy) is 1. The summed E-state index contributed by atoms with van der Waals surface area (Å²) in [6, 6.07) is 7.40. The average Bonchev–Trinajstić information content (AvgIpc) is 2.78. The summed E-state index contributed by atoms with van der Waals surface area (Å²) in [5, 5.41) is 4.00. The zero-order valence-corrected chi connectivity index (χ0v) is 11.7. The van der Waals surface area contributed by atoms with E-state index in [2.05, 4.69) is 30.9 Å².